The molecule has 7 nitrogen and oxygen atoms in total. The first-order valence-electron chi connectivity index (χ1n) is 5.63. The van der Waals surface area contributed by atoms with Crippen molar-refractivity contribution in [2.45, 2.75) is 6.92 Å². The van der Waals surface area contributed by atoms with E-state index in [1.54, 1.807) is 12.4 Å². The third-order valence-electron chi connectivity index (χ3n) is 2.18. The monoisotopic (exact) mass is 245 g/mol. The molecule has 0 fully saturated rings. The molecule has 0 saturated carbocycles. The molecule has 1 N–H and O–H groups in total. The Kier molecular flexibility index (Phi) is 3.61. The SMILES string of the molecule is CCNc1nc(-c2cncnc2)nc(N(C)C)n1. The van der Waals surface area contributed by atoms with E-state index in [2.05, 4.69) is 30.2 Å². The maximum atomic E-state index is 4.37. The molecular formula is C11H15N7. The first-order valence-corrected chi connectivity index (χ1v) is 5.63. The van der Waals surface area contributed by atoms with Gasteiger partial charge in [0.2, 0.25) is 11.9 Å². The molecule has 7 heteroatoms. The molecular weight excluding hydrogens is 230 g/mol. The topological polar surface area (TPSA) is 79.7 Å². The Labute approximate surface area is 105 Å². The molecule has 0 unspecified atom stereocenters. The number of nitrogens with one attached hydrogen (secondary N) is 1. The van der Waals surface area contributed by atoms with Gasteiger partial charge in [0.25, 0.3) is 0 Å². The minimum Gasteiger partial charge on any atom is -0.354 e. The fourth-order valence-corrected chi connectivity index (χ4v) is 1.35. The number of hydrogen-bond donors (Lipinski definition) is 1. The van der Waals surface area contributed by atoms with Crippen molar-refractivity contribution in [3.05, 3.63) is 18.7 Å². The summed E-state index contributed by atoms with van der Waals surface area (Å²) >= 11 is 0. The van der Waals surface area contributed by atoms with E-state index in [9.17, 15) is 0 Å². The van der Waals surface area contributed by atoms with Crippen molar-refractivity contribution in [1.29, 1.82) is 0 Å². The Hall–Kier alpha value is -2.31. The second kappa shape index (κ2) is 5.35. The predicted octanol–water partition coefficient (Wildman–Crippen LogP) is 0.826. The van der Waals surface area contributed by atoms with Gasteiger partial charge >= 0.3 is 0 Å². The maximum Gasteiger partial charge on any atom is 0.230 e. The lowest BCUT2D eigenvalue weighted by molar-refractivity contribution is 0.951. The molecule has 0 amide bonds. The Bertz CT molecular complexity index is 512. The van der Waals surface area contributed by atoms with E-state index >= 15 is 0 Å². The van der Waals surface area contributed by atoms with Crippen LogP contribution in [-0.4, -0.2) is 45.6 Å². The summed E-state index contributed by atoms with van der Waals surface area (Å²) in [6.45, 7) is 2.74. The summed E-state index contributed by atoms with van der Waals surface area (Å²) in [4.78, 5) is 22.8. The predicted molar refractivity (Wildman–Crippen MR) is 69.3 cm³/mol. The number of hydrogen-bond acceptors (Lipinski definition) is 7. The van der Waals surface area contributed by atoms with Gasteiger partial charge in [0.1, 0.15) is 6.33 Å². The van der Waals surface area contributed by atoms with Gasteiger partial charge in [0.05, 0.1) is 5.56 Å². The Morgan fingerprint density at radius 3 is 2.44 bits per heavy atom. The van der Waals surface area contributed by atoms with Crippen molar-refractivity contribution in [3.63, 3.8) is 0 Å². The molecule has 94 valence electrons. The van der Waals surface area contributed by atoms with E-state index in [4.69, 9.17) is 0 Å². The fraction of sp³-hybridized carbons (Fsp3) is 0.364. The van der Waals surface area contributed by atoms with Crippen LogP contribution in [0.25, 0.3) is 11.4 Å². The molecule has 0 bridgehead atoms. The number of nitrogens with zero attached hydrogens (tertiary/aromatic N) is 6. The molecule has 2 aromatic rings. The Morgan fingerprint density at radius 2 is 1.83 bits per heavy atom. The van der Waals surface area contributed by atoms with Gasteiger partial charge in [-0.3, -0.25) is 0 Å². The molecule has 2 aromatic heterocycles. The first-order chi connectivity index (χ1) is 8.70. The normalized spacial score (nSPS) is 10.2. The maximum absolute atomic E-state index is 4.37. The fourth-order valence-electron chi connectivity index (χ4n) is 1.35. The first kappa shape index (κ1) is 12.2. The zero-order valence-electron chi connectivity index (χ0n) is 10.6. The highest BCUT2D eigenvalue weighted by molar-refractivity contribution is 5.55. The quantitative estimate of drug-likeness (QED) is 0.854. The lowest BCUT2D eigenvalue weighted by atomic mass is 10.3. The van der Waals surface area contributed by atoms with Gasteiger partial charge in [0.15, 0.2) is 5.82 Å². The van der Waals surface area contributed by atoms with E-state index in [0.29, 0.717) is 17.7 Å². The van der Waals surface area contributed by atoms with Gasteiger partial charge in [0, 0.05) is 33.0 Å². The lowest BCUT2D eigenvalue weighted by Gasteiger charge is -2.12. The number of anilines is 2. The van der Waals surface area contributed by atoms with Gasteiger partial charge in [-0.1, -0.05) is 0 Å². The van der Waals surface area contributed by atoms with Crippen LogP contribution >= 0.6 is 0 Å². The average molecular weight is 245 g/mol. The van der Waals surface area contributed by atoms with E-state index in [1.165, 1.54) is 6.33 Å². The molecule has 2 rings (SSSR count). The average Bonchev–Trinajstić information content (AvgIpc) is 2.40. The van der Waals surface area contributed by atoms with Gasteiger partial charge in [-0.25, -0.2) is 9.97 Å². The molecule has 0 aromatic carbocycles. The zero-order valence-corrected chi connectivity index (χ0v) is 10.6. The van der Waals surface area contributed by atoms with E-state index in [-0.39, 0.29) is 0 Å². The molecule has 0 aliphatic heterocycles. The summed E-state index contributed by atoms with van der Waals surface area (Å²) in [6, 6.07) is 0. The molecule has 2 heterocycles. The van der Waals surface area contributed by atoms with Crippen LogP contribution in [0.3, 0.4) is 0 Å². The standard InChI is InChI=1S/C11H15N7/c1-4-14-10-15-9(8-5-12-7-13-6-8)16-11(17-10)18(2)3/h5-7H,4H2,1-3H3,(H,14,15,16,17). The van der Waals surface area contributed by atoms with Crippen molar-refractivity contribution >= 4 is 11.9 Å². The van der Waals surface area contributed by atoms with Crippen molar-refractivity contribution in [2.75, 3.05) is 30.9 Å². The second-order valence-electron chi connectivity index (χ2n) is 3.83. The minimum absolute atomic E-state index is 0.551. The van der Waals surface area contributed by atoms with Crippen LogP contribution in [0, 0.1) is 0 Å². The number of aromatic nitrogens is 5. The zero-order chi connectivity index (χ0) is 13.0. The summed E-state index contributed by atoms with van der Waals surface area (Å²) in [5.41, 5.74) is 0.766. The van der Waals surface area contributed by atoms with Crippen LogP contribution in [0.4, 0.5) is 11.9 Å². The van der Waals surface area contributed by atoms with Crippen LogP contribution in [0.1, 0.15) is 6.92 Å². The molecule has 0 radical (unpaired) electrons. The highest BCUT2D eigenvalue weighted by Gasteiger charge is 2.09. The van der Waals surface area contributed by atoms with Gasteiger partial charge in [-0.2, -0.15) is 15.0 Å². The smallest absolute Gasteiger partial charge is 0.230 e. The molecule has 0 saturated heterocycles. The summed E-state index contributed by atoms with van der Waals surface area (Å²) in [5.74, 6) is 1.71. The third-order valence-corrected chi connectivity index (χ3v) is 2.18. The third kappa shape index (κ3) is 2.68. The molecule has 0 spiro atoms. The molecule has 0 aliphatic rings. The van der Waals surface area contributed by atoms with Crippen LogP contribution in [0.2, 0.25) is 0 Å². The lowest BCUT2D eigenvalue weighted by Crippen LogP contribution is -2.15. The van der Waals surface area contributed by atoms with Crippen LogP contribution < -0.4 is 10.2 Å². The summed E-state index contributed by atoms with van der Waals surface area (Å²) in [5, 5.41) is 3.08. The Balaban J connectivity index is 2.46. The van der Waals surface area contributed by atoms with E-state index < -0.39 is 0 Å². The van der Waals surface area contributed by atoms with Gasteiger partial charge < -0.3 is 10.2 Å². The second-order valence-corrected chi connectivity index (χ2v) is 3.83. The summed E-state index contributed by atoms with van der Waals surface area (Å²) in [7, 11) is 3.77. The van der Waals surface area contributed by atoms with Crippen molar-refractivity contribution in [2.24, 2.45) is 0 Å². The Morgan fingerprint density at radius 1 is 1.11 bits per heavy atom. The molecule has 0 atom stereocenters. The van der Waals surface area contributed by atoms with Crippen molar-refractivity contribution < 1.29 is 0 Å². The molecule has 0 aliphatic carbocycles. The van der Waals surface area contributed by atoms with E-state index in [1.807, 2.05) is 25.9 Å². The molecule has 18 heavy (non-hydrogen) atoms. The van der Waals surface area contributed by atoms with Crippen molar-refractivity contribution in [1.82, 2.24) is 24.9 Å². The van der Waals surface area contributed by atoms with Gasteiger partial charge in [-0.05, 0) is 6.92 Å². The minimum atomic E-state index is 0.551. The van der Waals surface area contributed by atoms with Crippen LogP contribution in [0.15, 0.2) is 18.7 Å². The number of rotatable bonds is 4. The van der Waals surface area contributed by atoms with Crippen LogP contribution in [0.5, 0.6) is 0 Å². The van der Waals surface area contributed by atoms with E-state index in [0.717, 1.165) is 12.1 Å². The summed E-state index contributed by atoms with van der Waals surface area (Å²) in [6.07, 6.45) is 4.83. The highest BCUT2D eigenvalue weighted by Crippen LogP contribution is 2.16. The highest BCUT2D eigenvalue weighted by atomic mass is 15.3. The van der Waals surface area contributed by atoms with Crippen molar-refractivity contribution in [3.8, 4) is 11.4 Å². The van der Waals surface area contributed by atoms with Gasteiger partial charge in [-0.15, -0.1) is 0 Å². The summed E-state index contributed by atoms with van der Waals surface area (Å²) < 4.78 is 0. The van der Waals surface area contributed by atoms with Crippen LogP contribution in [-0.2, 0) is 0 Å². The largest absolute Gasteiger partial charge is 0.354 e.